The molecule has 1 atom stereocenters. The molecule has 0 saturated heterocycles. The summed E-state index contributed by atoms with van der Waals surface area (Å²) >= 11 is 0. The molecule has 0 aliphatic heterocycles. The molecule has 0 bridgehead atoms. The Morgan fingerprint density at radius 2 is 2.27 bits per heavy atom. The van der Waals surface area contributed by atoms with Crippen molar-refractivity contribution in [3.05, 3.63) is 23.8 Å². The highest BCUT2D eigenvalue weighted by Gasteiger charge is 2.33. The molecular formula is C14H22O. The number of allylic oxidation sites excluding steroid dienone is 4. The average Bonchev–Trinajstić information content (AvgIpc) is 2.40. The molecule has 1 heteroatoms. The zero-order valence-electron chi connectivity index (χ0n) is 10.3. The van der Waals surface area contributed by atoms with Crippen LogP contribution in [0.15, 0.2) is 23.8 Å². The van der Waals surface area contributed by atoms with Gasteiger partial charge >= 0.3 is 0 Å². The van der Waals surface area contributed by atoms with Crippen molar-refractivity contribution in [2.75, 3.05) is 0 Å². The molecule has 15 heavy (non-hydrogen) atoms. The lowest BCUT2D eigenvalue weighted by Crippen LogP contribution is -2.19. The molecular weight excluding hydrogens is 184 g/mol. The normalized spacial score (nSPS) is 24.5. The van der Waals surface area contributed by atoms with Gasteiger partial charge in [0.15, 0.2) is 5.78 Å². The van der Waals surface area contributed by atoms with Crippen LogP contribution < -0.4 is 0 Å². The van der Waals surface area contributed by atoms with Crippen molar-refractivity contribution in [3.63, 3.8) is 0 Å². The molecule has 0 fully saturated rings. The molecule has 1 rings (SSSR count). The van der Waals surface area contributed by atoms with E-state index in [0.29, 0.717) is 12.3 Å². The third-order valence-electron chi connectivity index (χ3n) is 3.77. The summed E-state index contributed by atoms with van der Waals surface area (Å²) in [5, 5.41) is 0. The molecule has 0 aromatic carbocycles. The van der Waals surface area contributed by atoms with Gasteiger partial charge < -0.3 is 0 Å². The zero-order chi connectivity index (χ0) is 11.5. The van der Waals surface area contributed by atoms with E-state index in [0.717, 1.165) is 6.42 Å². The number of hydrogen-bond acceptors (Lipinski definition) is 1. The zero-order valence-corrected chi connectivity index (χ0v) is 10.3. The fraction of sp³-hybridized carbons (Fsp3) is 0.643. The van der Waals surface area contributed by atoms with Crippen LogP contribution in [0.4, 0.5) is 0 Å². The number of ketones is 1. The molecule has 0 heterocycles. The number of hydrogen-bond donors (Lipinski definition) is 0. The highest BCUT2D eigenvalue weighted by atomic mass is 16.1. The first kappa shape index (κ1) is 12.2. The van der Waals surface area contributed by atoms with E-state index in [-0.39, 0.29) is 11.2 Å². The van der Waals surface area contributed by atoms with Crippen molar-refractivity contribution in [3.8, 4) is 0 Å². The Bertz CT molecular complexity index is 294. The summed E-state index contributed by atoms with van der Waals surface area (Å²) in [6, 6.07) is 0. The molecule has 84 valence electrons. The van der Waals surface area contributed by atoms with Gasteiger partial charge in [-0.25, -0.2) is 0 Å². The van der Waals surface area contributed by atoms with Gasteiger partial charge in [-0.2, -0.15) is 0 Å². The second-order valence-corrected chi connectivity index (χ2v) is 5.05. The first-order valence-corrected chi connectivity index (χ1v) is 5.83. The van der Waals surface area contributed by atoms with Gasteiger partial charge in [0.05, 0.1) is 0 Å². The Hall–Kier alpha value is -0.850. The Morgan fingerprint density at radius 3 is 2.73 bits per heavy atom. The van der Waals surface area contributed by atoms with Crippen molar-refractivity contribution in [2.45, 2.75) is 47.0 Å². The Kier molecular flexibility index (Phi) is 3.90. The summed E-state index contributed by atoms with van der Waals surface area (Å²) in [5.41, 5.74) is 1.75. The van der Waals surface area contributed by atoms with Gasteiger partial charge in [0.1, 0.15) is 0 Å². The van der Waals surface area contributed by atoms with E-state index in [2.05, 4.69) is 26.8 Å². The molecule has 0 N–H and O–H groups in total. The molecule has 0 aromatic rings. The molecule has 1 unspecified atom stereocenters. The summed E-state index contributed by atoms with van der Waals surface area (Å²) in [5.74, 6) is 0.957. The lowest BCUT2D eigenvalue weighted by atomic mass is 9.77. The second kappa shape index (κ2) is 4.78. The van der Waals surface area contributed by atoms with Crippen molar-refractivity contribution in [1.29, 1.82) is 0 Å². The minimum atomic E-state index is 0.244. The average molecular weight is 206 g/mol. The van der Waals surface area contributed by atoms with Gasteiger partial charge in [-0.1, -0.05) is 38.5 Å². The number of carbonyl (C=O) groups excluding carboxylic acids is 1. The van der Waals surface area contributed by atoms with Crippen LogP contribution in [0, 0.1) is 11.3 Å². The number of rotatable bonds is 4. The van der Waals surface area contributed by atoms with E-state index < -0.39 is 0 Å². The summed E-state index contributed by atoms with van der Waals surface area (Å²) in [7, 11) is 0. The van der Waals surface area contributed by atoms with Crippen LogP contribution in [0.3, 0.4) is 0 Å². The van der Waals surface area contributed by atoms with E-state index in [1.807, 2.05) is 13.0 Å². The SMILES string of the molecule is CC=CC(=O)CCC1=CCC(C)C1(C)C. The van der Waals surface area contributed by atoms with Gasteiger partial charge in [-0.3, -0.25) is 4.79 Å². The smallest absolute Gasteiger partial charge is 0.155 e. The fourth-order valence-corrected chi connectivity index (χ4v) is 2.14. The van der Waals surface area contributed by atoms with E-state index >= 15 is 0 Å². The standard InChI is InChI=1S/C14H22O/c1-5-6-13(15)10-9-12-8-7-11(2)14(12,3)4/h5-6,8,11H,7,9-10H2,1-4H3. The molecule has 0 saturated carbocycles. The van der Waals surface area contributed by atoms with Crippen LogP contribution in [0.25, 0.3) is 0 Å². The first-order valence-electron chi connectivity index (χ1n) is 5.83. The highest BCUT2D eigenvalue weighted by Crippen LogP contribution is 2.44. The topological polar surface area (TPSA) is 17.1 Å². The van der Waals surface area contributed by atoms with Crippen LogP contribution in [-0.4, -0.2) is 5.78 Å². The molecule has 1 aliphatic carbocycles. The third kappa shape index (κ3) is 2.80. The number of carbonyl (C=O) groups is 1. The third-order valence-corrected chi connectivity index (χ3v) is 3.77. The van der Waals surface area contributed by atoms with Gasteiger partial charge in [-0.05, 0) is 37.2 Å². The Balaban J connectivity index is 2.50. The van der Waals surface area contributed by atoms with E-state index in [1.165, 1.54) is 12.0 Å². The Morgan fingerprint density at radius 1 is 1.60 bits per heavy atom. The van der Waals surface area contributed by atoms with Crippen LogP contribution in [-0.2, 0) is 4.79 Å². The maximum Gasteiger partial charge on any atom is 0.155 e. The summed E-state index contributed by atoms with van der Waals surface area (Å²) < 4.78 is 0. The minimum Gasteiger partial charge on any atom is -0.295 e. The monoisotopic (exact) mass is 206 g/mol. The van der Waals surface area contributed by atoms with Crippen molar-refractivity contribution in [2.24, 2.45) is 11.3 Å². The maximum absolute atomic E-state index is 11.4. The first-order chi connectivity index (χ1) is 6.98. The van der Waals surface area contributed by atoms with Gasteiger partial charge in [0.25, 0.3) is 0 Å². The minimum absolute atomic E-state index is 0.244. The molecule has 0 radical (unpaired) electrons. The van der Waals surface area contributed by atoms with Crippen LogP contribution in [0.2, 0.25) is 0 Å². The Labute approximate surface area is 93.3 Å². The van der Waals surface area contributed by atoms with Crippen LogP contribution >= 0.6 is 0 Å². The van der Waals surface area contributed by atoms with E-state index in [4.69, 9.17) is 0 Å². The van der Waals surface area contributed by atoms with Crippen LogP contribution in [0.5, 0.6) is 0 Å². The van der Waals surface area contributed by atoms with Crippen molar-refractivity contribution < 1.29 is 4.79 Å². The maximum atomic E-state index is 11.4. The van der Waals surface area contributed by atoms with Crippen molar-refractivity contribution in [1.82, 2.24) is 0 Å². The summed E-state index contributed by atoms with van der Waals surface area (Å²) in [6.07, 6.45) is 8.58. The summed E-state index contributed by atoms with van der Waals surface area (Å²) in [4.78, 5) is 11.4. The van der Waals surface area contributed by atoms with Gasteiger partial charge in [-0.15, -0.1) is 0 Å². The van der Waals surface area contributed by atoms with Crippen molar-refractivity contribution >= 4 is 5.78 Å². The predicted molar refractivity (Wildman–Crippen MR) is 64.7 cm³/mol. The van der Waals surface area contributed by atoms with Crippen LogP contribution in [0.1, 0.15) is 47.0 Å². The fourth-order valence-electron chi connectivity index (χ4n) is 2.14. The molecule has 1 aliphatic rings. The quantitative estimate of drug-likeness (QED) is 0.503. The van der Waals surface area contributed by atoms with Gasteiger partial charge in [0, 0.05) is 6.42 Å². The molecule has 0 spiro atoms. The van der Waals surface area contributed by atoms with Gasteiger partial charge in [0.2, 0.25) is 0 Å². The largest absolute Gasteiger partial charge is 0.295 e. The molecule has 0 aromatic heterocycles. The van der Waals surface area contributed by atoms with E-state index in [1.54, 1.807) is 6.08 Å². The lowest BCUT2D eigenvalue weighted by Gasteiger charge is -2.28. The lowest BCUT2D eigenvalue weighted by molar-refractivity contribution is -0.114. The highest BCUT2D eigenvalue weighted by molar-refractivity contribution is 5.89. The molecule has 1 nitrogen and oxygen atoms in total. The predicted octanol–water partition coefficient (Wildman–Crippen LogP) is 3.90. The summed E-state index contributed by atoms with van der Waals surface area (Å²) in [6.45, 7) is 8.75. The second-order valence-electron chi connectivity index (χ2n) is 5.05. The van der Waals surface area contributed by atoms with E-state index in [9.17, 15) is 4.79 Å². The molecule has 0 amide bonds.